The van der Waals surface area contributed by atoms with Gasteiger partial charge in [-0.1, -0.05) is 23.7 Å². The van der Waals surface area contributed by atoms with Gasteiger partial charge in [0, 0.05) is 17.1 Å². The van der Waals surface area contributed by atoms with Gasteiger partial charge in [0.1, 0.15) is 5.82 Å². The van der Waals surface area contributed by atoms with Crippen molar-refractivity contribution < 1.29 is 8.78 Å². The summed E-state index contributed by atoms with van der Waals surface area (Å²) in [6.07, 6.45) is 2.07. The molecule has 0 unspecified atom stereocenters. The van der Waals surface area contributed by atoms with Crippen LogP contribution in [0.25, 0.3) is 22.6 Å². The van der Waals surface area contributed by atoms with Gasteiger partial charge in [0.2, 0.25) is 0 Å². The molecule has 0 fully saturated rings. The van der Waals surface area contributed by atoms with Crippen molar-refractivity contribution in [1.82, 2.24) is 9.55 Å². The van der Waals surface area contributed by atoms with Gasteiger partial charge in [-0.2, -0.15) is 0 Å². The van der Waals surface area contributed by atoms with E-state index in [4.69, 9.17) is 11.6 Å². The first kappa shape index (κ1) is 15.0. The zero-order valence-electron chi connectivity index (χ0n) is 12.4. The Labute approximate surface area is 140 Å². The molecule has 0 aliphatic carbocycles. The molecule has 0 saturated carbocycles. The van der Waals surface area contributed by atoms with E-state index in [1.54, 1.807) is 28.8 Å². The lowest BCUT2D eigenvalue weighted by Crippen LogP contribution is -2.20. The second kappa shape index (κ2) is 5.53. The Hall–Kier alpha value is -2.53. The highest BCUT2D eigenvalue weighted by Gasteiger charge is 2.21. The van der Waals surface area contributed by atoms with Crippen LogP contribution in [0.1, 0.15) is 17.8 Å². The number of nitrogens with zero attached hydrogens (tertiary/aromatic N) is 2. The second-order valence-corrected chi connectivity index (χ2v) is 6.05. The lowest BCUT2D eigenvalue weighted by Gasteiger charge is -2.06. The Kier molecular flexibility index (Phi) is 3.46. The molecule has 120 valence electrons. The zero-order valence-corrected chi connectivity index (χ0v) is 13.1. The molecule has 1 aromatic heterocycles. The highest BCUT2D eigenvalue weighted by Crippen LogP contribution is 2.29. The van der Waals surface area contributed by atoms with Crippen LogP contribution in [0.3, 0.4) is 0 Å². The fourth-order valence-electron chi connectivity index (χ4n) is 2.95. The summed E-state index contributed by atoms with van der Waals surface area (Å²) in [6.45, 7) is 0.461. The van der Waals surface area contributed by atoms with E-state index < -0.39 is 11.6 Å². The topological polar surface area (TPSA) is 34.9 Å². The van der Waals surface area contributed by atoms with Crippen LogP contribution in [0.15, 0.2) is 41.2 Å². The summed E-state index contributed by atoms with van der Waals surface area (Å²) in [4.78, 5) is 17.1. The molecule has 0 saturated heterocycles. The Morgan fingerprint density at radius 2 is 2.04 bits per heavy atom. The maximum atomic E-state index is 13.9. The number of halogens is 3. The molecule has 0 bridgehead atoms. The summed E-state index contributed by atoms with van der Waals surface area (Å²) in [5.74, 6) is -1.34. The molecule has 2 aromatic carbocycles. The number of aromatic nitrogens is 2. The average molecular weight is 345 g/mol. The van der Waals surface area contributed by atoms with E-state index in [0.29, 0.717) is 40.3 Å². The van der Waals surface area contributed by atoms with Crippen molar-refractivity contribution in [3.63, 3.8) is 0 Å². The van der Waals surface area contributed by atoms with E-state index in [0.717, 1.165) is 6.07 Å². The molecular formula is C18H11ClF2N2O. The minimum absolute atomic E-state index is 0.138. The van der Waals surface area contributed by atoms with Crippen molar-refractivity contribution in [1.29, 1.82) is 0 Å². The number of hydrogen-bond donors (Lipinski definition) is 0. The number of allylic oxidation sites excluding steroid dienone is 1. The van der Waals surface area contributed by atoms with Crippen molar-refractivity contribution in [3.8, 4) is 0 Å². The van der Waals surface area contributed by atoms with Crippen molar-refractivity contribution >= 4 is 34.2 Å². The molecule has 0 atom stereocenters. The molecule has 0 N–H and O–H groups in total. The van der Waals surface area contributed by atoms with Gasteiger partial charge in [0.05, 0.1) is 10.9 Å². The first-order valence-corrected chi connectivity index (χ1v) is 7.77. The van der Waals surface area contributed by atoms with Crippen LogP contribution >= 0.6 is 11.6 Å². The first-order chi connectivity index (χ1) is 11.5. The maximum absolute atomic E-state index is 13.9. The monoisotopic (exact) mass is 344 g/mol. The third-order valence-corrected chi connectivity index (χ3v) is 4.36. The van der Waals surface area contributed by atoms with Crippen LogP contribution in [-0.2, 0) is 6.54 Å². The molecule has 4 rings (SSSR count). The van der Waals surface area contributed by atoms with Crippen LogP contribution < -0.4 is 5.56 Å². The predicted octanol–water partition coefficient (Wildman–Crippen LogP) is 4.27. The largest absolute Gasteiger partial charge is 0.292 e. The van der Waals surface area contributed by atoms with Crippen LogP contribution in [0.5, 0.6) is 0 Å². The number of hydrogen-bond acceptors (Lipinski definition) is 2. The Morgan fingerprint density at radius 1 is 1.21 bits per heavy atom. The second-order valence-electron chi connectivity index (χ2n) is 5.62. The van der Waals surface area contributed by atoms with Gasteiger partial charge in [0.15, 0.2) is 11.6 Å². The van der Waals surface area contributed by atoms with Crippen molar-refractivity contribution in [2.24, 2.45) is 0 Å². The van der Waals surface area contributed by atoms with Crippen molar-refractivity contribution in [2.75, 3.05) is 0 Å². The Morgan fingerprint density at radius 3 is 2.88 bits per heavy atom. The summed E-state index contributed by atoms with van der Waals surface area (Å²) in [5.41, 5.74) is 1.17. The normalized spacial score (nSPS) is 15.2. The summed E-state index contributed by atoms with van der Waals surface area (Å²) in [6, 6.07) is 8.92. The molecule has 1 aliphatic heterocycles. The van der Waals surface area contributed by atoms with Gasteiger partial charge >= 0.3 is 0 Å². The minimum Gasteiger partial charge on any atom is -0.292 e. The van der Waals surface area contributed by atoms with Crippen molar-refractivity contribution in [3.05, 3.63) is 74.8 Å². The van der Waals surface area contributed by atoms with E-state index in [-0.39, 0.29) is 11.1 Å². The zero-order chi connectivity index (χ0) is 16.8. The standard InChI is InChI=1S/C18H11ClF2N2O/c19-12-4-5-13-15(9-12)22-17-11(6-7-23(17)18(13)24)8-10-2-1-3-14(20)16(10)21/h1-5,8-9H,6-7H2. The Balaban J connectivity index is 1.93. The molecule has 3 nitrogen and oxygen atoms in total. The number of benzene rings is 2. The van der Waals surface area contributed by atoms with E-state index in [1.165, 1.54) is 12.1 Å². The van der Waals surface area contributed by atoms with Gasteiger partial charge in [-0.25, -0.2) is 13.8 Å². The molecule has 0 amide bonds. The van der Waals surface area contributed by atoms with Crippen LogP contribution in [-0.4, -0.2) is 9.55 Å². The highest BCUT2D eigenvalue weighted by atomic mass is 35.5. The Bertz CT molecular complexity index is 1070. The third kappa shape index (κ3) is 2.32. The van der Waals surface area contributed by atoms with Gasteiger partial charge in [-0.05, 0) is 42.3 Å². The fraction of sp³-hybridized carbons (Fsp3) is 0.111. The van der Waals surface area contributed by atoms with Crippen LogP contribution in [0.2, 0.25) is 5.02 Å². The lowest BCUT2D eigenvalue weighted by molar-refractivity contribution is 0.507. The molecule has 0 radical (unpaired) electrons. The van der Waals surface area contributed by atoms with Gasteiger partial charge in [0.25, 0.3) is 5.56 Å². The SMILES string of the molecule is O=c1c2ccc(Cl)cc2nc2n1CCC2=Cc1cccc(F)c1F. The van der Waals surface area contributed by atoms with Gasteiger partial charge < -0.3 is 0 Å². The smallest absolute Gasteiger partial charge is 0.261 e. The quantitative estimate of drug-likeness (QED) is 0.660. The van der Waals surface area contributed by atoms with Crippen LogP contribution in [0, 0.1) is 11.6 Å². The first-order valence-electron chi connectivity index (χ1n) is 7.39. The summed E-state index contributed by atoms with van der Waals surface area (Å²) in [7, 11) is 0. The van der Waals surface area contributed by atoms with Gasteiger partial charge in [-0.15, -0.1) is 0 Å². The van der Waals surface area contributed by atoms with E-state index in [1.807, 2.05) is 0 Å². The van der Waals surface area contributed by atoms with E-state index in [9.17, 15) is 13.6 Å². The third-order valence-electron chi connectivity index (χ3n) is 4.12. The maximum Gasteiger partial charge on any atom is 0.261 e. The van der Waals surface area contributed by atoms with E-state index in [2.05, 4.69) is 4.98 Å². The molecule has 1 aliphatic rings. The summed E-state index contributed by atoms with van der Waals surface area (Å²) in [5, 5.41) is 0.973. The molecular weight excluding hydrogens is 334 g/mol. The lowest BCUT2D eigenvalue weighted by atomic mass is 10.1. The van der Waals surface area contributed by atoms with Crippen molar-refractivity contribution in [2.45, 2.75) is 13.0 Å². The predicted molar refractivity (Wildman–Crippen MR) is 89.9 cm³/mol. The molecule has 3 aromatic rings. The van der Waals surface area contributed by atoms with Gasteiger partial charge in [-0.3, -0.25) is 9.36 Å². The fourth-order valence-corrected chi connectivity index (χ4v) is 3.11. The molecule has 0 spiro atoms. The molecule has 6 heteroatoms. The van der Waals surface area contributed by atoms with E-state index >= 15 is 0 Å². The highest BCUT2D eigenvalue weighted by molar-refractivity contribution is 6.31. The summed E-state index contributed by atoms with van der Waals surface area (Å²) < 4.78 is 28.8. The molecule has 24 heavy (non-hydrogen) atoms. The molecule has 2 heterocycles. The minimum atomic E-state index is -0.908. The number of fused-ring (bicyclic) bond motifs is 2. The van der Waals surface area contributed by atoms with Crippen LogP contribution in [0.4, 0.5) is 8.78 Å². The summed E-state index contributed by atoms with van der Waals surface area (Å²) >= 11 is 5.97. The number of rotatable bonds is 1. The average Bonchev–Trinajstić information content (AvgIpc) is 2.95.